The second kappa shape index (κ2) is 7.57. The number of halogens is 4. The van der Waals surface area contributed by atoms with Crippen LogP contribution < -0.4 is 10.3 Å². The predicted octanol–water partition coefficient (Wildman–Crippen LogP) is 4.81. The number of Topliss-reactive ketones (excluding diaryl/α,β-unsaturated/α-hetero) is 1. The van der Waals surface area contributed by atoms with E-state index < -0.39 is 17.5 Å². The van der Waals surface area contributed by atoms with E-state index in [1.807, 2.05) is 0 Å². The second-order valence-corrected chi connectivity index (χ2v) is 5.62. The van der Waals surface area contributed by atoms with Crippen molar-refractivity contribution < 1.29 is 18.0 Å². The van der Waals surface area contributed by atoms with Crippen LogP contribution in [0.15, 0.2) is 53.6 Å². The molecule has 0 aromatic heterocycles. The van der Waals surface area contributed by atoms with E-state index in [9.17, 15) is 18.0 Å². The number of ketones is 1. The first kappa shape index (κ1) is 18.8. The fourth-order valence-corrected chi connectivity index (χ4v) is 2.32. The molecule has 0 heterocycles. The molecule has 8 heteroatoms. The smallest absolute Gasteiger partial charge is 0.325 e. The number of carbonyl (C=O) groups is 1. The number of hydrogen-bond donors (Lipinski definition) is 1. The number of rotatable bonds is 4. The van der Waals surface area contributed by atoms with Gasteiger partial charge in [-0.2, -0.15) is 18.3 Å². The van der Waals surface area contributed by atoms with Gasteiger partial charge in [-0.3, -0.25) is 10.2 Å². The molecule has 0 aliphatic rings. The third-order valence-corrected chi connectivity index (χ3v) is 3.58. The lowest BCUT2D eigenvalue weighted by Gasteiger charge is -2.20. The highest BCUT2D eigenvalue weighted by molar-refractivity contribution is 6.43. The molecule has 0 aliphatic carbocycles. The number of anilines is 2. The lowest BCUT2D eigenvalue weighted by molar-refractivity contribution is -0.137. The van der Waals surface area contributed by atoms with Crippen LogP contribution in [-0.2, 0) is 11.0 Å². The first-order valence-electron chi connectivity index (χ1n) is 7.20. The van der Waals surface area contributed by atoms with Crippen molar-refractivity contribution in [2.45, 2.75) is 13.1 Å². The summed E-state index contributed by atoms with van der Waals surface area (Å²) in [6, 6.07) is 11.6. The van der Waals surface area contributed by atoms with Crippen LogP contribution in [0, 0.1) is 0 Å². The van der Waals surface area contributed by atoms with Crippen LogP contribution in [0.1, 0.15) is 12.5 Å². The van der Waals surface area contributed by atoms with Crippen LogP contribution in [0.5, 0.6) is 0 Å². The molecule has 2 rings (SSSR count). The van der Waals surface area contributed by atoms with Crippen molar-refractivity contribution in [1.82, 2.24) is 0 Å². The lowest BCUT2D eigenvalue weighted by Crippen LogP contribution is -2.33. The van der Waals surface area contributed by atoms with Crippen LogP contribution >= 0.6 is 11.6 Å². The Kier molecular flexibility index (Phi) is 5.69. The zero-order valence-corrected chi connectivity index (χ0v) is 14.2. The first-order chi connectivity index (χ1) is 11.7. The maximum absolute atomic E-state index is 13.0. The van der Waals surface area contributed by atoms with Gasteiger partial charge in [-0.05, 0) is 30.3 Å². The van der Waals surface area contributed by atoms with Gasteiger partial charge in [0, 0.05) is 24.7 Å². The molecule has 0 fully saturated rings. The van der Waals surface area contributed by atoms with E-state index in [0.717, 1.165) is 6.07 Å². The number of hydrazone groups is 1. The van der Waals surface area contributed by atoms with E-state index in [1.54, 1.807) is 31.3 Å². The van der Waals surface area contributed by atoms with E-state index in [2.05, 4.69) is 10.5 Å². The molecule has 0 amide bonds. The van der Waals surface area contributed by atoms with Gasteiger partial charge in [0.2, 0.25) is 0 Å². The second-order valence-electron chi connectivity index (χ2n) is 5.19. The lowest BCUT2D eigenvalue weighted by atomic mass is 10.2. The molecule has 0 saturated heterocycles. The highest BCUT2D eigenvalue weighted by Crippen LogP contribution is 2.34. The summed E-state index contributed by atoms with van der Waals surface area (Å²) in [6.07, 6.45) is -4.53. The molecule has 4 nitrogen and oxygen atoms in total. The Morgan fingerprint density at radius 1 is 1.16 bits per heavy atom. The number of nitrogens with zero attached hydrogens (tertiary/aromatic N) is 2. The SMILES string of the molecule is CC(=O)/C(=N\Nc1ccccc1C(F)(F)F)N(C)c1cccc(Cl)c1. The molecule has 0 aliphatic heterocycles. The van der Waals surface area contributed by atoms with Crippen molar-refractivity contribution in [1.29, 1.82) is 0 Å². The molecule has 0 atom stereocenters. The predicted molar refractivity (Wildman–Crippen MR) is 93.0 cm³/mol. The summed E-state index contributed by atoms with van der Waals surface area (Å²) < 4.78 is 39.1. The van der Waals surface area contributed by atoms with Gasteiger partial charge in [0.1, 0.15) is 0 Å². The summed E-state index contributed by atoms with van der Waals surface area (Å²) in [4.78, 5) is 13.3. The third kappa shape index (κ3) is 4.73. The van der Waals surface area contributed by atoms with E-state index in [4.69, 9.17) is 11.6 Å². The van der Waals surface area contributed by atoms with Gasteiger partial charge in [-0.25, -0.2) is 0 Å². The van der Waals surface area contributed by atoms with Crippen molar-refractivity contribution >= 4 is 34.6 Å². The Morgan fingerprint density at radius 3 is 2.44 bits per heavy atom. The number of para-hydroxylation sites is 1. The normalized spacial score (nSPS) is 12.0. The van der Waals surface area contributed by atoms with Crippen LogP contribution in [-0.4, -0.2) is 18.7 Å². The van der Waals surface area contributed by atoms with Gasteiger partial charge in [0.05, 0.1) is 11.3 Å². The van der Waals surface area contributed by atoms with E-state index in [-0.39, 0.29) is 11.5 Å². The zero-order valence-electron chi connectivity index (χ0n) is 13.4. The molecular weight excluding hydrogens is 355 g/mol. The summed E-state index contributed by atoms with van der Waals surface area (Å²) in [7, 11) is 1.57. The molecular formula is C17H15ClF3N3O. The third-order valence-electron chi connectivity index (χ3n) is 3.34. The first-order valence-corrected chi connectivity index (χ1v) is 7.58. The summed E-state index contributed by atoms with van der Waals surface area (Å²) in [6.45, 7) is 1.28. The Morgan fingerprint density at radius 2 is 1.84 bits per heavy atom. The molecule has 0 radical (unpaired) electrons. The molecule has 2 aromatic rings. The Labute approximate surface area is 147 Å². The van der Waals surface area contributed by atoms with Gasteiger partial charge < -0.3 is 4.90 Å². The highest BCUT2D eigenvalue weighted by atomic mass is 35.5. The van der Waals surface area contributed by atoms with E-state index >= 15 is 0 Å². The Bertz CT molecular complexity index is 806. The van der Waals surface area contributed by atoms with E-state index in [1.165, 1.54) is 30.0 Å². The Hall–Kier alpha value is -2.54. The number of benzene rings is 2. The molecule has 0 saturated carbocycles. The van der Waals surface area contributed by atoms with Crippen molar-refractivity contribution in [2.75, 3.05) is 17.4 Å². The van der Waals surface area contributed by atoms with Crippen molar-refractivity contribution in [3.63, 3.8) is 0 Å². The average Bonchev–Trinajstić information content (AvgIpc) is 2.54. The van der Waals surface area contributed by atoms with E-state index in [0.29, 0.717) is 10.7 Å². The van der Waals surface area contributed by atoms with Gasteiger partial charge in [-0.15, -0.1) is 0 Å². The van der Waals surface area contributed by atoms with Crippen LogP contribution in [0.3, 0.4) is 0 Å². The van der Waals surface area contributed by atoms with Gasteiger partial charge in [-0.1, -0.05) is 29.8 Å². The number of likely N-dealkylation sites (N-methyl/N-ethyl adjacent to an activating group) is 1. The van der Waals surface area contributed by atoms with Crippen LogP contribution in [0.25, 0.3) is 0 Å². The summed E-state index contributed by atoms with van der Waals surface area (Å²) in [5.41, 5.74) is 1.80. The summed E-state index contributed by atoms with van der Waals surface area (Å²) in [5, 5.41) is 4.33. The maximum Gasteiger partial charge on any atom is 0.418 e. The van der Waals surface area contributed by atoms with Gasteiger partial charge in [0.25, 0.3) is 0 Å². The standard InChI is InChI=1S/C17H15ClF3N3O/c1-11(25)16(24(2)13-7-5-6-12(18)10-13)23-22-15-9-4-3-8-14(15)17(19,20)21/h3-10,22H,1-2H3/b23-16+. The molecule has 1 N–H and O–H groups in total. The number of alkyl halides is 3. The van der Waals surface area contributed by atoms with Gasteiger partial charge >= 0.3 is 6.18 Å². The molecule has 132 valence electrons. The topological polar surface area (TPSA) is 44.7 Å². The molecule has 2 aromatic carbocycles. The molecule has 0 unspecified atom stereocenters. The van der Waals surface area contributed by atoms with Crippen LogP contribution in [0.4, 0.5) is 24.5 Å². The molecule has 25 heavy (non-hydrogen) atoms. The molecule has 0 spiro atoms. The number of carbonyl (C=O) groups excluding carboxylic acids is 1. The number of amidine groups is 1. The highest BCUT2D eigenvalue weighted by Gasteiger charge is 2.33. The van der Waals surface area contributed by atoms with Crippen molar-refractivity contribution in [3.8, 4) is 0 Å². The van der Waals surface area contributed by atoms with Crippen molar-refractivity contribution in [2.24, 2.45) is 5.10 Å². The number of nitrogens with one attached hydrogen (secondary N) is 1. The summed E-state index contributed by atoms with van der Waals surface area (Å²) >= 11 is 5.93. The largest absolute Gasteiger partial charge is 0.418 e. The van der Waals surface area contributed by atoms with Crippen LogP contribution in [0.2, 0.25) is 5.02 Å². The monoisotopic (exact) mass is 369 g/mol. The quantitative estimate of drug-likeness (QED) is 0.478. The molecule has 0 bridgehead atoms. The zero-order chi connectivity index (χ0) is 18.6. The minimum atomic E-state index is -4.53. The fourth-order valence-electron chi connectivity index (χ4n) is 2.14. The average molecular weight is 370 g/mol. The van der Waals surface area contributed by atoms with Crippen molar-refractivity contribution in [3.05, 3.63) is 59.1 Å². The number of hydrogen-bond acceptors (Lipinski definition) is 3. The fraction of sp³-hybridized carbons (Fsp3) is 0.176. The minimum Gasteiger partial charge on any atom is -0.325 e. The minimum absolute atomic E-state index is 0.0563. The maximum atomic E-state index is 13.0. The Balaban J connectivity index is 2.35. The summed E-state index contributed by atoms with van der Waals surface area (Å²) in [5.74, 6) is -0.473. The van der Waals surface area contributed by atoms with Gasteiger partial charge in [0.15, 0.2) is 11.6 Å².